The molecule has 1 aromatic heterocycles. The fourth-order valence-electron chi connectivity index (χ4n) is 0.870. The Bertz CT molecular complexity index is 153. The molecule has 4 nitrogen and oxygen atoms in total. The van der Waals surface area contributed by atoms with Crippen molar-refractivity contribution >= 4 is 0 Å². The molecule has 0 radical (unpaired) electrons. The monoisotopic (exact) mass is 169 g/mol. The van der Waals surface area contributed by atoms with Gasteiger partial charge in [-0.1, -0.05) is 0 Å². The lowest BCUT2D eigenvalue weighted by Gasteiger charge is -2.21. The highest BCUT2D eigenvalue weighted by molar-refractivity contribution is 4.64. The molecule has 1 aliphatic heterocycles. The van der Waals surface area contributed by atoms with Crippen LogP contribution >= 0.6 is 0 Å². The van der Waals surface area contributed by atoms with Gasteiger partial charge in [0.1, 0.15) is 0 Å². The van der Waals surface area contributed by atoms with Crippen LogP contribution in [-0.4, -0.2) is 48.2 Å². The van der Waals surface area contributed by atoms with E-state index in [1.54, 1.807) is 18.7 Å². The van der Waals surface area contributed by atoms with Crippen LogP contribution in [0.2, 0.25) is 0 Å². The van der Waals surface area contributed by atoms with Gasteiger partial charge in [0.15, 0.2) is 0 Å². The number of nitrogens with zero attached hydrogens (tertiary/aromatic N) is 2. The summed E-state index contributed by atoms with van der Waals surface area (Å²) in [4.78, 5) is 8.68. The zero-order valence-corrected chi connectivity index (χ0v) is 7.36. The predicted octanol–water partition coefficient (Wildman–Crippen LogP) is 0.358. The van der Waals surface area contributed by atoms with Crippen molar-refractivity contribution in [3.8, 4) is 0 Å². The van der Waals surface area contributed by atoms with Crippen molar-refractivity contribution in [3.05, 3.63) is 18.7 Å². The van der Waals surface area contributed by atoms with E-state index in [1.165, 1.54) is 0 Å². The maximum atomic E-state index is 5.10. The van der Waals surface area contributed by atoms with Crippen LogP contribution in [0.3, 0.4) is 0 Å². The Labute approximate surface area is 72.6 Å². The van der Waals surface area contributed by atoms with E-state index in [-0.39, 0.29) is 0 Å². The van der Waals surface area contributed by atoms with Gasteiger partial charge >= 0.3 is 0 Å². The first-order valence-electron chi connectivity index (χ1n) is 4.08. The Hall–Kier alpha value is -0.870. The zero-order chi connectivity index (χ0) is 8.65. The summed E-state index contributed by atoms with van der Waals surface area (Å²) in [6.07, 6.45) is 5.08. The Morgan fingerprint density at radius 3 is 2.42 bits per heavy atom. The first kappa shape index (κ1) is 9.22. The minimum Gasteiger partial charge on any atom is -0.379 e. The number of nitrogens with one attached hydrogen (secondary N) is 1. The first-order valence-corrected chi connectivity index (χ1v) is 4.08. The van der Waals surface area contributed by atoms with E-state index < -0.39 is 0 Å². The van der Waals surface area contributed by atoms with Gasteiger partial charge in [0, 0.05) is 25.5 Å². The molecular formula is C8H15N3O. The minimum atomic E-state index is 0.913. The lowest BCUT2D eigenvalue weighted by atomic mass is 10.5. The first-order chi connectivity index (χ1) is 5.89. The van der Waals surface area contributed by atoms with E-state index >= 15 is 0 Å². The van der Waals surface area contributed by atoms with Gasteiger partial charge in [0.05, 0.1) is 19.5 Å². The Morgan fingerprint density at radius 1 is 1.42 bits per heavy atom. The highest BCUT2D eigenvalue weighted by Crippen LogP contribution is 1.89. The number of likely N-dealkylation sites (N-methyl/N-ethyl adjacent to an activating group) is 1. The standard InChI is InChI=1S/C5H11NO.C3H4N2/c1-6-2-4-7-5-3-6;1-2-5-3-4-1/h2-5H2,1H3;1-3H,(H,4,5). The van der Waals surface area contributed by atoms with Crippen LogP contribution in [0, 0.1) is 0 Å². The van der Waals surface area contributed by atoms with Crippen LogP contribution in [0.4, 0.5) is 0 Å². The van der Waals surface area contributed by atoms with Crippen LogP contribution in [0.1, 0.15) is 0 Å². The molecule has 12 heavy (non-hydrogen) atoms. The fraction of sp³-hybridized carbons (Fsp3) is 0.625. The van der Waals surface area contributed by atoms with Crippen molar-refractivity contribution < 1.29 is 4.74 Å². The minimum absolute atomic E-state index is 0.913. The number of rotatable bonds is 0. The van der Waals surface area contributed by atoms with Crippen LogP contribution in [0.25, 0.3) is 0 Å². The molecule has 1 N–H and O–H groups in total. The Balaban J connectivity index is 0.000000127. The molecule has 0 bridgehead atoms. The summed E-state index contributed by atoms with van der Waals surface area (Å²) in [6, 6.07) is 0. The second-order valence-corrected chi connectivity index (χ2v) is 2.68. The average Bonchev–Trinajstić information content (AvgIpc) is 2.62. The summed E-state index contributed by atoms with van der Waals surface area (Å²) in [7, 11) is 2.11. The smallest absolute Gasteiger partial charge is 0.0919 e. The number of ether oxygens (including phenoxy) is 1. The van der Waals surface area contributed by atoms with Gasteiger partial charge in [-0.2, -0.15) is 0 Å². The highest BCUT2D eigenvalue weighted by atomic mass is 16.5. The summed E-state index contributed by atoms with van der Waals surface area (Å²) in [5.41, 5.74) is 0. The molecule has 0 unspecified atom stereocenters. The van der Waals surface area contributed by atoms with Gasteiger partial charge in [-0.25, -0.2) is 4.98 Å². The summed E-state index contributed by atoms with van der Waals surface area (Å²) in [5, 5.41) is 0. The van der Waals surface area contributed by atoms with E-state index in [0.29, 0.717) is 0 Å². The zero-order valence-electron chi connectivity index (χ0n) is 7.36. The molecule has 0 amide bonds. The van der Waals surface area contributed by atoms with Crippen molar-refractivity contribution in [3.63, 3.8) is 0 Å². The molecule has 1 aromatic rings. The number of hydrogen-bond donors (Lipinski definition) is 1. The average molecular weight is 169 g/mol. The third-order valence-electron chi connectivity index (χ3n) is 1.64. The van der Waals surface area contributed by atoms with Crippen molar-refractivity contribution in [1.29, 1.82) is 0 Å². The molecule has 0 aliphatic carbocycles. The molecule has 1 fully saturated rings. The van der Waals surface area contributed by atoms with Gasteiger partial charge < -0.3 is 14.6 Å². The third-order valence-corrected chi connectivity index (χ3v) is 1.64. The summed E-state index contributed by atoms with van der Waals surface area (Å²) >= 11 is 0. The number of hydrogen-bond acceptors (Lipinski definition) is 3. The molecule has 2 heterocycles. The molecule has 0 spiro atoms. The quantitative estimate of drug-likeness (QED) is 0.609. The highest BCUT2D eigenvalue weighted by Gasteiger charge is 2.02. The largest absolute Gasteiger partial charge is 0.379 e. The lowest BCUT2D eigenvalue weighted by molar-refractivity contribution is 0.0503. The molecular weight excluding hydrogens is 154 g/mol. The maximum Gasteiger partial charge on any atom is 0.0919 e. The van der Waals surface area contributed by atoms with Gasteiger partial charge in [0.25, 0.3) is 0 Å². The van der Waals surface area contributed by atoms with Crippen molar-refractivity contribution in [1.82, 2.24) is 14.9 Å². The van der Waals surface area contributed by atoms with E-state index in [4.69, 9.17) is 4.74 Å². The number of H-pyrrole nitrogens is 1. The summed E-state index contributed by atoms with van der Waals surface area (Å²) in [6.45, 7) is 4.02. The van der Waals surface area contributed by atoms with Crippen molar-refractivity contribution in [2.45, 2.75) is 0 Å². The Morgan fingerprint density at radius 2 is 2.17 bits per heavy atom. The van der Waals surface area contributed by atoms with E-state index in [1.807, 2.05) is 0 Å². The number of imidazole rings is 1. The molecule has 0 aromatic carbocycles. The molecule has 1 saturated heterocycles. The number of aromatic nitrogens is 2. The summed E-state index contributed by atoms with van der Waals surface area (Å²) in [5.74, 6) is 0. The number of morpholine rings is 1. The molecule has 1 aliphatic rings. The fourth-order valence-corrected chi connectivity index (χ4v) is 0.870. The normalized spacial score (nSPS) is 18.1. The second-order valence-electron chi connectivity index (χ2n) is 2.68. The lowest BCUT2D eigenvalue weighted by Crippen LogP contribution is -2.32. The maximum absolute atomic E-state index is 5.10. The van der Waals surface area contributed by atoms with Crippen LogP contribution in [0.5, 0.6) is 0 Å². The SMILES string of the molecule is CN1CCOCC1.c1c[nH]cn1. The topological polar surface area (TPSA) is 41.1 Å². The molecule has 68 valence electrons. The van der Waals surface area contributed by atoms with Crippen LogP contribution < -0.4 is 0 Å². The Kier molecular flexibility index (Phi) is 4.41. The van der Waals surface area contributed by atoms with Gasteiger partial charge in [-0.15, -0.1) is 0 Å². The molecule has 4 heteroatoms. The molecule has 0 saturated carbocycles. The molecule has 0 atom stereocenters. The van der Waals surface area contributed by atoms with Crippen molar-refractivity contribution in [2.75, 3.05) is 33.4 Å². The molecule has 2 rings (SSSR count). The predicted molar refractivity (Wildman–Crippen MR) is 46.9 cm³/mol. The van der Waals surface area contributed by atoms with E-state index in [2.05, 4.69) is 21.9 Å². The third kappa shape index (κ3) is 4.10. The van der Waals surface area contributed by atoms with E-state index in [9.17, 15) is 0 Å². The summed E-state index contributed by atoms with van der Waals surface area (Å²) < 4.78 is 5.10. The number of aromatic amines is 1. The van der Waals surface area contributed by atoms with Crippen LogP contribution in [0.15, 0.2) is 18.7 Å². The second kappa shape index (κ2) is 5.74. The van der Waals surface area contributed by atoms with Gasteiger partial charge in [0.2, 0.25) is 0 Å². The van der Waals surface area contributed by atoms with Crippen molar-refractivity contribution in [2.24, 2.45) is 0 Å². The van der Waals surface area contributed by atoms with Crippen LogP contribution in [-0.2, 0) is 4.74 Å². The van der Waals surface area contributed by atoms with E-state index in [0.717, 1.165) is 26.3 Å². The van der Waals surface area contributed by atoms with Gasteiger partial charge in [-0.05, 0) is 7.05 Å². The van der Waals surface area contributed by atoms with Gasteiger partial charge in [-0.3, -0.25) is 0 Å².